The lowest BCUT2D eigenvalue weighted by Crippen LogP contribution is -2.74. The molecule has 1 radical (unpaired) electrons. The lowest BCUT2D eigenvalue weighted by Gasteiger charge is -2.54. The van der Waals surface area contributed by atoms with Crippen molar-refractivity contribution in [1.82, 2.24) is 19.5 Å². The largest absolute Gasteiger partial charge is 0.393 e. The van der Waals surface area contributed by atoms with Crippen LogP contribution in [0.1, 0.15) is 31.1 Å². The van der Waals surface area contributed by atoms with Crippen molar-refractivity contribution < 1.29 is 29.6 Å². The minimum Gasteiger partial charge on any atom is -0.393 e. The van der Waals surface area contributed by atoms with Crippen LogP contribution in [0.25, 0.3) is 11.2 Å². The number of rotatable bonds is 6. The highest BCUT2D eigenvalue weighted by Gasteiger charge is 2.79. The fourth-order valence-electron chi connectivity index (χ4n) is 5.21. The highest BCUT2D eigenvalue weighted by Crippen LogP contribution is 2.59. The Morgan fingerprint density at radius 3 is 2.42 bits per heavy atom. The number of carbonyl (C=O) groups is 1. The number of anilines is 1. The molecule has 36 heavy (non-hydrogen) atoms. The molecule has 1 aliphatic rings. The number of ether oxygens (including phenoxy) is 2. The predicted octanol–water partition coefficient (Wildman–Crippen LogP) is 1.53. The third kappa shape index (κ3) is 3.44. The number of hydrogen-bond donors (Lipinski definition) is 4. The standard InChI is InChI=1S/C24H32N5O6Si/c1-21(2,3)23(33)22(32,34-4)16(12-30)35-24(23,36(5)6)29-14-27-17-18(25-13-26-19(17)29)28-20(31)15-10-8-7-9-11-15/h7-11,13-14,16,30,32-33H,12H2,1-6H3,(H,25,26,28,31)/t16-,22+,23-,24+/m1/s1. The minimum absolute atomic E-state index is 0.182. The van der Waals surface area contributed by atoms with E-state index in [0.717, 1.165) is 0 Å². The summed E-state index contributed by atoms with van der Waals surface area (Å²) in [4.78, 5) is 25.9. The van der Waals surface area contributed by atoms with Crippen LogP contribution in [0, 0.1) is 5.41 Å². The van der Waals surface area contributed by atoms with Gasteiger partial charge in [-0.1, -0.05) is 52.1 Å². The third-order valence-electron chi connectivity index (χ3n) is 6.94. The Labute approximate surface area is 210 Å². The van der Waals surface area contributed by atoms with E-state index in [-0.39, 0.29) is 22.9 Å². The van der Waals surface area contributed by atoms with Gasteiger partial charge in [-0.3, -0.25) is 9.36 Å². The van der Waals surface area contributed by atoms with E-state index >= 15 is 0 Å². The summed E-state index contributed by atoms with van der Waals surface area (Å²) in [6, 6.07) is 8.69. The molecule has 2 aromatic heterocycles. The normalized spacial score (nSPS) is 28.7. The van der Waals surface area contributed by atoms with Gasteiger partial charge in [-0.2, -0.15) is 0 Å². The summed E-state index contributed by atoms with van der Waals surface area (Å²) < 4.78 is 13.5. The number of aliphatic hydroxyl groups excluding tert-OH is 1. The zero-order chi connectivity index (χ0) is 26.5. The first-order valence-electron chi connectivity index (χ1n) is 11.5. The number of benzene rings is 1. The lowest BCUT2D eigenvalue weighted by molar-refractivity contribution is -0.321. The Bertz CT molecular complexity index is 1260. The quantitative estimate of drug-likeness (QED) is 0.283. The Hall–Kier alpha value is -2.74. The average molecular weight is 515 g/mol. The predicted molar refractivity (Wildman–Crippen MR) is 133 cm³/mol. The van der Waals surface area contributed by atoms with Crippen LogP contribution in [0.5, 0.6) is 0 Å². The maximum atomic E-state index is 12.8. The maximum Gasteiger partial charge on any atom is 0.256 e. The van der Waals surface area contributed by atoms with E-state index in [1.54, 1.807) is 49.6 Å². The van der Waals surface area contributed by atoms with E-state index < -0.39 is 43.7 Å². The highest BCUT2D eigenvalue weighted by molar-refractivity contribution is 6.58. The van der Waals surface area contributed by atoms with Gasteiger partial charge in [-0.05, 0) is 12.1 Å². The van der Waals surface area contributed by atoms with E-state index in [2.05, 4.69) is 20.3 Å². The van der Waals surface area contributed by atoms with E-state index in [0.29, 0.717) is 5.56 Å². The lowest BCUT2D eigenvalue weighted by atomic mass is 9.69. The number of methoxy groups -OCH3 is 1. The van der Waals surface area contributed by atoms with Crippen LogP contribution >= 0.6 is 0 Å². The fraction of sp³-hybridized carbons (Fsp3) is 0.500. The number of imidazole rings is 1. The molecule has 0 aliphatic carbocycles. The van der Waals surface area contributed by atoms with Gasteiger partial charge in [0.05, 0.1) is 12.9 Å². The number of nitrogens with one attached hydrogen (secondary N) is 1. The Balaban J connectivity index is 1.93. The summed E-state index contributed by atoms with van der Waals surface area (Å²) >= 11 is 0. The summed E-state index contributed by atoms with van der Waals surface area (Å²) in [5.41, 5.74) is -2.06. The molecule has 1 saturated heterocycles. The molecule has 3 aromatic rings. The Kier molecular flexibility index (Phi) is 6.56. The SMILES string of the molecule is CO[C@@]1(O)[C@@H](CO)O[C@](n2cnc3c(NC(=O)c4ccccc4)ncnc32)([Si](C)C)[C@@]1(O)C(C)(C)C. The smallest absolute Gasteiger partial charge is 0.256 e. The molecule has 4 rings (SSSR count). The van der Waals surface area contributed by atoms with Crippen LogP contribution in [0.2, 0.25) is 13.1 Å². The first-order chi connectivity index (χ1) is 16.9. The van der Waals surface area contributed by atoms with Gasteiger partial charge in [0.15, 0.2) is 27.9 Å². The van der Waals surface area contributed by atoms with Crippen LogP contribution in [-0.2, 0) is 14.8 Å². The van der Waals surface area contributed by atoms with E-state index in [1.807, 2.05) is 19.2 Å². The second kappa shape index (κ2) is 8.98. The van der Waals surface area contributed by atoms with Gasteiger partial charge in [0, 0.05) is 18.1 Å². The highest BCUT2D eigenvalue weighted by atomic mass is 28.3. The molecule has 4 N–H and O–H groups in total. The molecular weight excluding hydrogens is 482 g/mol. The monoisotopic (exact) mass is 514 g/mol. The molecular formula is C24H32N5O6Si. The average Bonchev–Trinajstić information content (AvgIpc) is 3.37. The first-order valence-corrected chi connectivity index (χ1v) is 14.0. The molecule has 4 atom stereocenters. The zero-order valence-corrected chi connectivity index (χ0v) is 22.2. The topological polar surface area (TPSA) is 152 Å². The van der Waals surface area contributed by atoms with Crippen LogP contribution in [0.4, 0.5) is 5.82 Å². The number of nitrogens with zero attached hydrogens (tertiary/aromatic N) is 4. The summed E-state index contributed by atoms with van der Waals surface area (Å²) in [5, 5.41) is 35.5. The van der Waals surface area contributed by atoms with Gasteiger partial charge in [0.1, 0.15) is 21.2 Å². The van der Waals surface area contributed by atoms with Crippen molar-refractivity contribution in [1.29, 1.82) is 0 Å². The van der Waals surface area contributed by atoms with E-state index in [4.69, 9.17) is 9.47 Å². The molecule has 0 saturated carbocycles. The minimum atomic E-state index is -2.25. The number of aromatic nitrogens is 4. The van der Waals surface area contributed by atoms with Crippen molar-refractivity contribution in [2.24, 2.45) is 5.41 Å². The number of carbonyl (C=O) groups excluding carboxylic acids is 1. The summed E-state index contributed by atoms with van der Waals surface area (Å²) in [7, 11) is -0.456. The summed E-state index contributed by atoms with van der Waals surface area (Å²) in [6.45, 7) is 8.53. The van der Waals surface area contributed by atoms with Crippen molar-refractivity contribution >= 4 is 31.7 Å². The molecule has 3 heterocycles. The second-order valence-electron chi connectivity index (χ2n) is 10.1. The van der Waals surface area contributed by atoms with Crippen molar-refractivity contribution in [3.63, 3.8) is 0 Å². The summed E-state index contributed by atoms with van der Waals surface area (Å²) in [6.07, 6.45) is 1.47. The van der Waals surface area contributed by atoms with Gasteiger partial charge in [-0.15, -0.1) is 0 Å². The Morgan fingerprint density at radius 2 is 1.86 bits per heavy atom. The molecule has 1 aliphatic heterocycles. The molecule has 0 unspecified atom stereocenters. The fourth-order valence-corrected chi connectivity index (χ4v) is 7.51. The third-order valence-corrected chi connectivity index (χ3v) is 9.01. The molecule has 12 heteroatoms. The van der Waals surface area contributed by atoms with Crippen molar-refractivity contribution in [3.8, 4) is 0 Å². The van der Waals surface area contributed by atoms with Crippen LogP contribution in [-0.4, -0.2) is 80.8 Å². The zero-order valence-electron chi connectivity index (χ0n) is 21.2. The second-order valence-corrected chi connectivity index (χ2v) is 12.8. The molecule has 193 valence electrons. The molecule has 0 spiro atoms. The molecule has 11 nitrogen and oxygen atoms in total. The molecule has 1 aromatic carbocycles. The van der Waals surface area contributed by atoms with Gasteiger partial charge < -0.3 is 30.1 Å². The molecule has 1 fully saturated rings. The number of amides is 1. The van der Waals surface area contributed by atoms with Gasteiger partial charge >= 0.3 is 0 Å². The molecule has 0 bridgehead atoms. The Morgan fingerprint density at radius 1 is 1.19 bits per heavy atom. The van der Waals surface area contributed by atoms with Gasteiger partial charge in [0.25, 0.3) is 5.91 Å². The van der Waals surface area contributed by atoms with Crippen LogP contribution in [0.15, 0.2) is 43.0 Å². The van der Waals surface area contributed by atoms with Gasteiger partial charge in [0.2, 0.25) is 5.79 Å². The first kappa shape index (κ1) is 26.3. The number of fused-ring (bicyclic) bond motifs is 1. The number of hydrogen-bond acceptors (Lipinski definition) is 9. The maximum absolute atomic E-state index is 12.8. The number of aliphatic hydroxyl groups is 3. The van der Waals surface area contributed by atoms with Crippen molar-refractivity contribution in [2.45, 2.75) is 56.7 Å². The van der Waals surface area contributed by atoms with Crippen molar-refractivity contribution in [3.05, 3.63) is 48.5 Å². The van der Waals surface area contributed by atoms with Gasteiger partial charge in [-0.25, -0.2) is 15.0 Å². The van der Waals surface area contributed by atoms with Crippen LogP contribution < -0.4 is 5.32 Å². The van der Waals surface area contributed by atoms with E-state index in [1.165, 1.54) is 19.8 Å². The summed E-state index contributed by atoms with van der Waals surface area (Å²) in [5.74, 6) is -2.44. The molecule has 1 amide bonds. The van der Waals surface area contributed by atoms with E-state index in [9.17, 15) is 20.1 Å². The van der Waals surface area contributed by atoms with Crippen molar-refractivity contribution in [2.75, 3.05) is 19.0 Å². The van der Waals surface area contributed by atoms with Crippen LogP contribution in [0.3, 0.4) is 0 Å².